The third-order valence-corrected chi connectivity index (χ3v) is 10.2. The minimum absolute atomic E-state index is 0.00649. The number of benzene rings is 3. The molecule has 0 bridgehead atoms. The Morgan fingerprint density at radius 3 is 2.14 bits per heavy atom. The van der Waals surface area contributed by atoms with Gasteiger partial charge < -0.3 is 29.0 Å². The summed E-state index contributed by atoms with van der Waals surface area (Å²) >= 11 is 0. The van der Waals surface area contributed by atoms with Gasteiger partial charge in [-0.15, -0.1) is 0 Å². The molecule has 3 heterocycles. The van der Waals surface area contributed by atoms with Gasteiger partial charge in [0, 0.05) is 50.5 Å². The van der Waals surface area contributed by atoms with E-state index in [1.807, 2.05) is 48.5 Å². The maximum absolute atomic E-state index is 12.7. The molecule has 0 amide bonds. The summed E-state index contributed by atoms with van der Waals surface area (Å²) < 4.78 is 53.1. The third-order valence-electron chi connectivity index (χ3n) is 8.76. The molecule has 3 fully saturated rings. The normalized spacial score (nSPS) is 26.1. The first-order valence-corrected chi connectivity index (χ1v) is 16.5. The quantitative estimate of drug-likeness (QED) is 0.371. The van der Waals surface area contributed by atoms with Gasteiger partial charge in [-0.05, 0) is 28.8 Å². The number of aliphatic hydroxyl groups is 1. The van der Waals surface area contributed by atoms with Crippen LogP contribution in [0.25, 0.3) is 0 Å². The van der Waals surface area contributed by atoms with Crippen molar-refractivity contribution < 1.29 is 32.5 Å². The summed E-state index contributed by atoms with van der Waals surface area (Å²) in [7, 11) is -3.60. The lowest BCUT2D eigenvalue weighted by molar-refractivity contribution is -0.278. The number of piperidine rings is 1. The zero-order valence-corrected chi connectivity index (χ0v) is 25.2. The van der Waals surface area contributed by atoms with E-state index in [-0.39, 0.29) is 36.2 Å². The number of sulfonamides is 1. The van der Waals surface area contributed by atoms with Crippen LogP contribution in [0.5, 0.6) is 0 Å². The fourth-order valence-electron chi connectivity index (χ4n) is 6.10. The Bertz CT molecular complexity index is 1430. The maximum atomic E-state index is 12.7. The molecule has 3 aromatic rings. The average Bonchev–Trinajstić information content (AvgIpc) is 3.51. The Morgan fingerprint density at radius 1 is 0.860 bits per heavy atom. The topological polar surface area (TPSA) is 107 Å². The van der Waals surface area contributed by atoms with E-state index >= 15 is 0 Å². The highest BCUT2D eigenvalue weighted by atomic mass is 32.2. The Balaban J connectivity index is 1.16. The molecule has 0 radical (unpaired) electrons. The molecule has 3 aliphatic heterocycles. The van der Waals surface area contributed by atoms with Gasteiger partial charge in [-0.3, -0.25) is 0 Å². The van der Waals surface area contributed by atoms with Crippen molar-refractivity contribution in [3.63, 3.8) is 0 Å². The third kappa shape index (κ3) is 7.02. The van der Waals surface area contributed by atoms with Gasteiger partial charge in [0.25, 0.3) is 0 Å². The summed E-state index contributed by atoms with van der Waals surface area (Å²) in [5.74, 6) is -0.340. The monoisotopic (exact) mass is 608 g/mol. The first-order valence-electron chi connectivity index (χ1n) is 15.0. The lowest BCUT2D eigenvalue weighted by atomic mass is 9.89. The van der Waals surface area contributed by atoms with Crippen LogP contribution in [0.15, 0.2) is 83.8 Å². The predicted octanol–water partition coefficient (Wildman–Crippen LogP) is 4.29. The van der Waals surface area contributed by atoms with Gasteiger partial charge in [0.15, 0.2) is 12.1 Å². The summed E-state index contributed by atoms with van der Waals surface area (Å²) in [5, 5.41) is 9.53. The Morgan fingerprint density at radius 2 is 1.49 bits per heavy atom. The molecule has 230 valence electrons. The molecule has 9 nitrogen and oxygen atoms in total. The van der Waals surface area contributed by atoms with Gasteiger partial charge in [0.2, 0.25) is 10.0 Å². The molecular weight excluding hydrogens is 568 g/mol. The summed E-state index contributed by atoms with van der Waals surface area (Å²) in [4.78, 5) is 2.66. The number of rotatable bonds is 9. The van der Waals surface area contributed by atoms with Crippen molar-refractivity contribution in [1.29, 1.82) is 0 Å². The first-order chi connectivity index (χ1) is 20.8. The van der Waals surface area contributed by atoms with Crippen LogP contribution in [-0.4, -0.2) is 63.2 Å². The lowest BCUT2D eigenvalue weighted by Crippen LogP contribution is -2.50. The molecule has 4 unspecified atom stereocenters. The Labute approximate surface area is 253 Å². The standard InChI is InChI=1S/C33H40N2O7S/c1-24-30(22-35-17-15-33(16-18-35)39-19-20-40-33)41-32(42-31(24)27-11-9-26(23-36)10-12-27)28-13-7-25(8-14-28)21-34-43(37,38)29-5-3-2-4-6-29/h2-14,24,30-32,34,36H,15-23H2,1H3. The number of hydrogen-bond acceptors (Lipinski definition) is 8. The molecule has 3 aromatic carbocycles. The van der Waals surface area contributed by atoms with Gasteiger partial charge in [-0.2, -0.15) is 0 Å². The number of nitrogens with one attached hydrogen (secondary N) is 1. The van der Waals surface area contributed by atoms with Crippen LogP contribution in [0.1, 0.15) is 54.4 Å². The number of ether oxygens (including phenoxy) is 4. The van der Waals surface area contributed by atoms with E-state index < -0.39 is 22.1 Å². The molecule has 6 rings (SSSR count). The van der Waals surface area contributed by atoms with Crippen LogP contribution >= 0.6 is 0 Å². The SMILES string of the molecule is CC1C(CN2CCC3(CC2)OCCO3)OC(c2ccc(CNS(=O)(=O)c3ccccc3)cc2)OC1c1ccc(CO)cc1. The molecule has 1 spiro atoms. The Hall–Kier alpha value is -2.67. The fourth-order valence-corrected chi connectivity index (χ4v) is 7.14. The molecule has 3 aliphatic rings. The number of hydrogen-bond donors (Lipinski definition) is 2. The molecule has 3 saturated heterocycles. The molecule has 10 heteroatoms. The average molecular weight is 609 g/mol. The van der Waals surface area contributed by atoms with E-state index in [4.69, 9.17) is 18.9 Å². The molecule has 0 aliphatic carbocycles. The van der Waals surface area contributed by atoms with E-state index in [2.05, 4.69) is 16.5 Å². The molecule has 2 N–H and O–H groups in total. The van der Waals surface area contributed by atoms with Gasteiger partial charge in [-0.25, -0.2) is 13.1 Å². The highest BCUT2D eigenvalue weighted by molar-refractivity contribution is 7.89. The van der Waals surface area contributed by atoms with Crippen LogP contribution < -0.4 is 4.72 Å². The molecule has 4 atom stereocenters. The molecule has 0 saturated carbocycles. The summed E-state index contributed by atoms with van der Waals surface area (Å²) in [6.45, 7) is 6.18. The predicted molar refractivity (Wildman–Crippen MR) is 160 cm³/mol. The van der Waals surface area contributed by atoms with Gasteiger partial charge in [0.05, 0.1) is 36.9 Å². The number of likely N-dealkylation sites (tertiary alicyclic amines) is 1. The van der Waals surface area contributed by atoms with Crippen LogP contribution in [0.4, 0.5) is 0 Å². The van der Waals surface area contributed by atoms with E-state index in [9.17, 15) is 13.5 Å². The zero-order valence-electron chi connectivity index (χ0n) is 24.4. The highest BCUT2D eigenvalue weighted by Crippen LogP contribution is 2.42. The Kier molecular flexibility index (Phi) is 9.27. The van der Waals surface area contributed by atoms with E-state index in [0.717, 1.165) is 54.7 Å². The van der Waals surface area contributed by atoms with Crippen molar-refractivity contribution in [3.05, 3.63) is 101 Å². The minimum Gasteiger partial charge on any atom is -0.392 e. The lowest BCUT2D eigenvalue weighted by Gasteiger charge is -2.44. The van der Waals surface area contributed by atoms with Gasteiger partial charge in [-0.1, -0.05) is 73.7 Å². The maximum Gasteiger partial charge on any atom is 0.240 e. The van der Waals surface area contributed by atoms with Crippen LogP contribution in [0.2, 0.25) is 0 Å². The highest BCUT2D eigenvalue weighted by Gasteiger charge is 2.43. The van der Waals surface area contributed by atoms with E-state index in [0.29, 0.717) is 13.2 Å². The van der Waals surface area contributed by atoms with Crippen molar-refractivity contribution in [3.8, 4) is 0 Å². The van der Waals surface area contributed by atoms with Crippen molar-refractivity contribution in [2.24, 2.45) is 5.92 Å². The van der Waals surface area contributed by atoms with Crippen LogP contribution in [0, 0.1) is 5.92 Å². The fraction of sp³-hybridized carbons (Fsp3) is 0.455. The smallest absolute Gasteiger partial charge is 0.240 e. The molecule has 0 aromatic heterocycles. The van der Waals surface area contributed by atoms with Gasteiger partial charge >= 0.3 is 0 Å². The van der Waals surface area contributed by atoms with Crippen molar-refractivity contribution in [1.82, 2.24) is 9.62 Å². The van der Waals surface area contributed by atoms with Crippen LogP contribution in [0.3, 0.4) is 0 Å². The first kappa shape index (κ1) is 30.4. The van der Waals surface area contributed by atoms with Crippen molar-refractivity contribution in [2.45, 2.75) is 62.1 Å². The summed E-state index contributed by atoms with van der Waals surface area (Å²) in [6.07, 6.45) is 0.812. The van der Waals surface area contributed by atoms with Crippen LogP contribution in [-0.2, 0) is 42.1 Å². The molecule has 43 heavy (non-hydrogen) atoms. The van der Waals surface area contributed by atoms with E-state index in [1.54, 1.807) is 30.3 Å². The second-order valence-corrected chi connectivity index (χ2v) is 13.4. The minimum atomic E-state index is -3.60. The van der Waals surface area contributed by atoms with E-state index in [1.165, 1.54) is 0 Å². The number of nitrogens with zero attached hydrogens (tertiary/aromatic N) is 1. The second-order valence-electron chi connectivity index (χ2n) is 11.6. The van der Waals surface area contributed by atoms with Crippen molar-refractivity contribution >= 4 is 10.0 Å². The number of aliphatic hydroxyl groups excluding tert-OH is 1. The van der Waals surface area contributed by atoms with Gasteiger partial charge in [0.1, 0.15) is 0 Å². The largest absolute Gasteiger partial charge is 0.392 e. The van der Waals surface area contributed by atoms with Crippen molar-refractivity contribution in [2.75, 3.05) is 32.8 Å². The zero-order chi connectivity index (χ0) is 29.9. The molecular formula is C33H40N2O7S. The second kappa shape index (κ2) is 13.1. The summed E-state index contributed by atoms with van der Waals surface area (Å²) in [5.41, 5.74) is 3.60. The summed E-state index contributed by atoms with van der Waals surface area (Å²) in [6, 6.07) is 23.9.